The molecule has 0 bridgehead atoms. The summed E-state index contributed by atoms with van der Waals surface area (Å²) in [6.45, 7) is 1.80. The Morgan fingerprint density at radius 3 is 2.74 bits per heavy atom. The third-order valence-corrected chi connectivity index (χ3v) is 3.06. The molecule has 1 aromatic carbocycles. The van der Waals surface area contributed by atoms with Crippen LogP contribution in [0.25, 0.3) is 0 Å². The number of rotatable bonds is 2. The standard InChI is InChI=1S/C13H10Cl2N2O2/c1-7-4-12(15)16-6-11(7)17-13(19)9-5-8(18)2-3-10(9)14/h2-6,18H,1H3,(H,17,19). The first kappa shape index (κ1) is 13.6. The zero-order valence-corrected chi connectivity index (χ0v) is 11.5. The van der Waals surface area contributed by atoms with Gasteiger partial charge in [-0.3, -0.25) is 4.79 Å². The first-order valence-electron chi connectivity index (χ1n) is 5.39. The van der Waals surface area contributed by atoms with E-state index in [-0.39, 0.29) is 16.3 Å². The van der Waals surface area contributed by atoms with Gasteiger partial charge in [0, 0.05) is 0 Å². The van der Waals surface area contributed by atoms with Gasteiger partial charge in [0.25, 0.3) is 5.91 Å². The third-order valence-electron chi connectivity index (χ3n) is 2.52. The largest absolute Gasteiger partial charge is 0.508 e. The van der Waals surface area contributed by atoms with Crippen molar-refractivity contribution in [1.82, 2.24) is 4.98 Å². The minimum absolute atomic E-state index is 0.0273. The summed E-state index contributed by atoms with van der Waals surface area (Å²) in [6.07, 6.45) is 1.46. The van der Waals surface area contributed by atoms with Crippen molar-refractivity contribution in [2.24, 2.45) is 0 Å². The fraction of sp³-hybridized carbons (Fsp3) is 0.0769. The number of aryl methyl sites for hydroxylation is 1. The molecule has 0 aliphatic heterocycles. The Morgan fingerprint density at radius 2 is 2.05 bits per heavy atom. The lowest BCUT2D eigenvalue weighted by molar-refractivity contribution is 0.102. The summed E-state index contributed by atoms with van der Waals surface area (Å²) < 4.78 is 0. The summed E-state index contributed by atoms with van der Waals surface area (Å²) in [5, 5.41) is 12.7. The summed E-state index contributed by atoms with van der Waals surface area (Å²) in [5.74, 6) is -0.450. The van der Waals surface area contributed by atoms with E-state index in [1.165, 1.54) is 24.4 Å². The molecule has 0 radical (unpaired) electrons. The number of aromatic hydroxyl groups is 1. The minimum Gasteiger partial charge on any atom is -0.508 e. The molecule has 1 aromatic heterocycles. The number of phenols is 1. The van der Waals surface area contributed by atoms with Crippen molar-refractivity contribution in [3.8, 4) is 5.75 Å². The number of halogens is 2. The number of hydrogen-bond acceptors (Lipinski definition) is 3. The molecule has 0 spiro atoms. The van der Waals surface area contributed by atoms with Crippen LogP contribution in [0.4, 0.5) is 5.69 Å². The summed E-state index contributed by atoms with van der Waals surface area (Å²) in [6, 6.07) is 5.81. The quantitative estimate of drug-likeness (QED) is 0.832. The maximum absolute atomic E-state index is 12.1. The number of carbonyl (C=O) groups excluding carboxylic acids is 1. The van der Waals surface area contributed by atoms with Crippen molar-refractivity contribution in [3.63, 3.8) is 0 Å². The highest BCUT2D eigenvalue weighted by molar-refractivity contribution is 6.34. The number of anilines is 1. The van der Waals surface area contributed by atoms with Gasteiger partial charge in [0.15, 0.2) is 0 Å². The van der Waals surface area contributed by atoms with Gasteiger partial charge in [-0.25, -0.2) is 4.98 Å². The Morgan fingerprint density at radius 1 is 1.32 bits per heavy atom. The second-order valence-electron chi connectivity index (χ2n) is 3.94. The van der Waals surface area contributed by atoms with Gasteiger partial charge in [-0.15, -0.1) is 0 Å². The third kappa shape index (κ3) is 3.16. The van der Waals surface area contributed by atoms with Gasteiger partial charge in [-0.05, 0) is 36.8 Å². The highest BCUT2D eigenvalue weighted by atomic mass is 35.5. The highest BCUT2D eigenvalue weighted by Gasteiger charge is 2.13. The van der Waals surface area contributed by atoms with Crippen LogP contribution in [0.15, 0.2) is 30.5 Å². The number of benzene rings is 1. The number of pyridine rings is 1. The van der Waals surface area contributed by atoms with E-state index in [0.717, 1.165) is 5.56 Å². The van der Waals surface area contributed by atoms with Crippen LogP contribution in [0, 0.1) is 6.92 Å². The number of carbonyl (C=O) groups is 1. The van der Waals surface area contributed by atoms with Crippen molar-refractivity contribution < 1.29 is 9.90 Å². The normalized spacial score (nSPS) is 10.3. The van der Waals surface area contributed by atoms with Gasteiger partial charge in [-0.1, -0.05) is 23.2 Å². The summed E-state index contributed by atoms with van der Waals surface area (Å²) in [4.78, 5) is 16.0. The van der Waals surface area contributed by atoms with Gasteiger partial charge >= 0.3 is 0 Å². The molecular formula is C13H10Cl2N2O2. The second-order valence-corrected chi connectivity index (χ2v) is 4.73. The maximum Gasteiger partial charge on any atom is 0.257 e. The monoisotopic (exact) mass is 296 g/mol. The van der Waals surface area contributed by atoms with Crippen LogP contribution < -0.4 is 5.32 Å². The van der Waals surface area contributed by atoms with Gasteiger partial charge in [0.05, 0.1) is 22.5 Å². The molecule has 0 atom stereocenters. The number of phenolic OH excluding ortho intramolecular Hbond substituents is 1. The fourth-order valence-corrected chi connectivity index (χ4v) is 1.95. The number of aromatic nitrogens is 1. The van der Waals surface area contributed by atoms with Crippen molar-refractivity contribution in [2.75, 3.05) is 5.32 Å². The van der Waals surface area contributed by atoms with Crippen molar-refractivity contribution >= 4 is 34.8 Å². The van der Waals surface area contributed by atoms with Crippen LogP contribution in [0.2, 0.25) is 10.2 Å². The summed E-state index contributed by atoms with van der Waals surface area (Å²) in [7, 11) is 0. The van der Waals surface area contributed by atoms with E-state index in [1.807, 2.05) is 0 Å². The zero-order valence-electron chi connectivity index (χ0n) is 9.95. The Hall–Kier alpha value is -1.78. The fourth-order valence-electron chi connectivity index (χ4n) is 1.53. The van der Waals surface area contributed by atoms with E-state index in [9.17, 15) is 9.90 Å². The van der Waals surface area contributed by atoms with Crippen LogP contribution in [0.3, 0.4) is 0 Å². The number of hydrogen-bond donors (Lipinski definition) is 2. The van der Waals surface area contributed by atoms with Crippen LogP contribution >= 0.6 is 23.2 Å². The van der Waals surface area contributed by atoms with E-state index in [1.54, 1.807) is 13.0 Å². The lowest BCUT2D eigenvalue weighted by atomic mass is 10.2. The van der Waals surface area contributed by atoms with E-state index in [4.69, 9.17) is 23.2 Å². The van der Waals surface area contributed by atoms with Gasteiger partial charge < -0.3 is 10.4 Å². The van der Waals surface area contributed by atoms with Crippen LogP contribution in [0.1, 0.15) is 15.9 Å². The molecule has 2 N–H and O–H groups in total. The molecule has 0 aliphatic carbocycles. The minimum atomic E-state index is -0.423. The predicted molar refractivity (Wildman–Crippen MR) is 75.1 cm³/mol. The molecule has 98 valence electrons. The van der Waals surface area contributed by atoms with Crippen molar-refractivity contribution in [1.29, 1.82) is 0 Å². The average molecular weight is 297 g/mol. The topological polar surface area (TPSA) is 62.2 Å². The molecule has 0 saturated heterocycles. The number of nitrogens with zero attached hydrogens (tertiary/aromatic N) is 1. The molecule has 0 saturated carbocycles. The second kappa shape index (κ2) is 5.47. The summed E-state index contributed by atoms with van der Waals surface area (Å²) >= 11 is 11.7. The average Bonchev–Trinajstić information content (AvgIpc) is 2.35. The molecule has 0 unspecified atom stereocenters. The number of nitrogens with one attached hydrogen (secondary N) is 1. The molecule has 2 rings (SSSR count). The van der Waals surface area contributed by atoms with E-state index < -0.39 is 5.91 Å². The molecule has 1 amide bonds. The molecule has 19 heavy (non-hydrogen) atoms. The molecule has 6 heteroatoms. The lowest BCUT2D eigenvalue weighted by Crippen LogP contribution is -2.13. The Labute approximate surface area is 120 Å². The maximum atomic E-state index is 12.1. The summed E-state index contributed by atoms with van der Waals surface area (Å²) in [5.41, 5.74) is 1.51. The van der Waals surface area contributed by atoms with Gasteiger partial charge in [-0.2, -0.15) is 0 Å². The zero-order chi connectivity index (χ0) is 14.0. The molecule has 4 nitrogen and oxygen atoms in total. The van der Waals surface area contributed by atoms with E-state index in [0.29, 0.717) is 10.8 Å². The lowest BCUT2D eigenvalue weighted by Gasteiger charge is -2.09. The van der Waals surface area contributed by atoms with Crippen molar-refractivity contribution in [3.05, 3.63) is 51.8 Å². The molecular weight excluding hydrogens is 287 g/mol. The Bertz CT molecular complexity index is 645. The first-order valence-corrected chi connectivity index (χ1v) is 6.15. The highest BCUT2D eigenvalue weighted by Crippen LogP contribution is 2.23. The predicted octanol–water partition coefficient (Wildman–Crippen LogP) is 3.65. The SMILES string of the molecule is Cc1cc(Cl)ncc1NC(=O)c1cc(O)ccc1Cl. The van der Waals surface area contributed by atoms with Gasteiger partial charge in [0.2, 0.25) is 0 Å². The van der Waals surface area contributed by atoms with Crippen LogP contribution in [-0.4, -0.2) is 16.0 Å². The first-order chi connectivity index (χ1) is 8.97. The van der Waals surface area contributed by atoms with Crippen molar-refractivity contribution in [2.45, 2.75) is 6.92 Å². The molecule has 0 aliphatic rings. The Balaban J connectivity index is 2.28. The van der Waals surface area contributed by atoms with Crippen LogP contribution in [0.5, 0.6) is 5.75 Å². The molecule has 0 fully saturated rings. The van der Waals surface area contributed by atoms with E-state index in [2.05, 4.69) is 10.3 Å². The molecule has 1 heterocycles. The Kier molecular flexibility index (Phi) is 3.93. The van der Waals surface area contributed by atoms with Crippen LogP contribution in [-0.2, 0) is 0 Å². The molecule has 2 aromatic rings. The smallest absolute Gasteiger partial charge is 0.257 e. The van der Waals surface area contributed by atoms with Gasteiger partial charge in [0.1, 0.15) is 10.9 Å². The number of amides is 1. The van der Waals surface area contributed by atoms with E-state index >= 15 is 0 Å².